The molecular weight excluding hydrogens is 224 g/mol. The molecule has 1 atom stereocenters. The summed E-state index contributed by atoms with van der Waals surface area (Å²) in [6, 6.07) is 2.37. The first-order chi connectivity index (χ1) is 8.70. The van der Waals surface area contributed by atoms with Gasteiger partial charge in [-0.25, -0.2) is 0 Å². The summed E-state index contributed by atoms with van der Waals surface area (Å²) in [6.45, 7) is 5.69. The number of rotatable bonds is 7. The van der Waals surface area contributed by atoms with Crippen LogP contribution in [0.4, 0.5) is 0 Å². The highest BCUT2D eigenvalue weighted by Crippen LogP contribution is 2.20. The lowest BCUT2D eigenvalue weighted by Gasteiger charge is -2.24. The highest BCUT2D eigenvalue weighted by atomic mass is 16.5. The van der Waals surface area contributed by atoms with Crippen molar-refractivity contribution in [1.29, 1.82) is 5.26 Å². The summed E-state index contributed by atoms with van der Waals surface area (Å²) in [6.07, 6.45) is 9.98. The highest BCUT2D eigenvalue weighted by Gasteiger charge is 2.23. The molecule has 1 aliphatic rings. The van der Waals surface area contributed by atoms with Crippen molar-refractivity contribution in [2.24, 2.45) is 0 Å². The maximum Gasteiger partial charge on any atom is 0.106 e. The summed E-state index contributed by atoms with van der Waals surface area (Å²) >= 11 is 0. The van der Waals surface area contributed by atoms with E-state index in [-0.39, 0.29) is 0 Å². The normalized spacial score (nSPS) is 20.9. The van der Waals surface area contributed by atoms with E-state index >= 15 is 0 Å². The molecule has 1 saturated carbocycles. The Morgan fingerprint density at radius 2 is 1.94 bits per heavy atom. The van der Waals surface area contributed by atoms with Crippen molar-refractivity contribution in [3.63, 3.8) is 0 Å². The molecule has 0 spiro atoms. The standard InChI is InChI=1S/C15H28N2O/c1-3-11-17-15(2,13-16)10-12-18-14-8-6-4-5-7-9-14/h14,17H,3-12H2,1-2H3. The number of nitriles is 1. The van der Waals surface area contributed by atoms with Crippen molar-refractivity contribution in [3.8, 4) is 6.07 Å². The molecule has 0 aromatic carbocycles. The minimum atomic E-state index is -0.430. The van der Waals surface area contributed by atoms with Crippen LogP contribution < -0.4 is 5.32 Å². The third-order valence-corrected chi connectivity index (χ3v) is 3.77. The zero-order chi connectivity index (χ0) is 13.3. The van der Waals surface area contributed by atoms with Crippen LogP contribution in [0.15, 0.2) is 0 Å². The van der Waals surface area contributed by atoms with Crippen molar-refractivity contribution in [2.75, 3.05) is 13.2 Å². The predicted molar refractivity (Wildman–Crippen MR) is 74.4 cm³/mol. The predicted octanol–water partition coefficient (Wildman–Crippen LogP) is 3.40. The summed E-state index contributed by atoms with van der Waals surface area (Å²) in [4.78, 5) is 0. The van der Waals surface area contributed by atoms with Crippen molar-refractivity contribution < 1.29 is 4.74 Å². The van der Waals surface area contributed by atoms with E-state index in [0.717, 1.165) is 19.4 Å². The minimum absolute atomic E-state index is 0.430. The van der Waals surface area contributed by atoms with Crippen molar-refractivity contribution in [3.05, 3.63) is 0 Å². The van der Waals surface area contributed by atoms with Crippen molar-refractivity contribution in [2.45, 2.75) is 76.9 Å². The van der Waals surface area contributed by atoms with Gasteiger partial charge in [-0.05, 0) is 32.7 Å². The van der Waals surface area contributed by atoms with E-state index in [1.165, 1.54) is 38.5 Å². The molecule has 0 aromatic rings. The Morgan fingerprint density at radius 1 is 1.28 bits per heavy atom. The van der Waals surface area contributed by atoms with Crippen LogP contribution >= 0.6 is 0 Å². The second-order valence-electron chi connectivity index (χ2n) is 5.61. The van der Waals surface area contributed by atoms with Crippen LogP contribution in [0.5, 0.6) is 0 Å². The van der Waals surface area contributed by atoms with Crippen LogP contribution in [0.2, 0.25) is 0 Å². The van der Waals surface area contributed by atoms with E-state index in [2.05, 4.69) is 18.3 Å². The molecule has 0 saturated heterocycles. The first-order valence-corrected chi connectivity index (χ1v) is 7.48. The molecule has 0 aliphatic heterocycles. The Labute approximate surface area is 112 Å². The fourth-order valence-electron chi connectivity index (χ4n) is 2.42. The van der Waals surface area contributed by atoms with Crippen LogP contribution in [-0.4, -0.2) is 24.8 Å². The fourth-order valence-corrected chi connectivity index (χ4v) is 2.42. The molecule has 0 radical (unpaired) electrons. The number of nitrogens with one attached hydrogen (secondary N) is 1. The van der Waals surface area contributed by atoms with E-state index < -0.39 is 5.54 Å². The van der Waals surface area contributed by atoms with Gasteiger partial charge in [0.2, 0.25) is 0 Å². The van der Waals surface area contributed by atoms with Crippen LogP contribution in [0.25, 0.3) is 0 Å². The average Bonchev–Trinajstić information content (AvgIpc) is 2.65. The van der Waals surface area contributed by atoms with Gasteiger partial charge >= 0.3 is 0 Å². The molecule has 104 valence electrons. The third-order valence-electron chi connectivity index (χ3n) is 3.77. The largest absolute Gasteiger partial charge is 0.378 e. The summed E-state index contributed by atoms with van der Waals surface area (Å²) in [7, 11) is 0. The quantitative estimate of drug-likeness (QED) is 0.706. The van der Waals surface area contributed by atoms with Crippen molar-refractivity contribution >= 4 is 0 Å². The van der Waals surface area contributed by atoms with Gasteiger partial charge in [-0.3, -0.25) is 5.32 Å². The SMILES string of the molecule is CCCNC(C)(C#N)CCOC1CCCCCC1. The Bertz CT molecular complexity index is 254. The van der Waals surface area contributed by atoms with E-state index in [1.54, 1.807) is 0 Å². The first kappa shape index (κ1) is 15.5. The lowest BCUT2D eigenvalue weighted by atomic mass is 10.0. The second-order valence-corrected chi connectivity index (χ2v) is 5.61. The number of ether oxygens (including phenoxy) is 1. The van der Waals surface area contributed by atoms with Crippen molar-refractivity contribution in [1.82, 2.24) is 5.32 Å². The smallest absolute Gasteiger partial charge is 0.106 e. The number of nitrogens with zero attached hydrogens (tertiary/aromatic N) is 1. The molecule has 0 bridgehead atoms. The van der Waals surface area contributed by atoms with Gasteiger partial charge < -0.3 is 4.74 Å². The van der Waals surface area contributed by atoms with Crippen LogP contribution in [0.1, 0.15) is 65.2 Å². The van der Waals surface area contributed by atoms with Crippen LogP contribution in [-0.2, 0) is 4.74 Å². The zero-order valence-corrected chi connectivity index (χ0v) is 12.0. The van der Waals surface area contributed by atoms with Gasteiger partial charge in [-0.15, -0.1) is 0 Å². The summed E-state index contributed by atoms with van der Waals surface area (Å²) in [5.41, 5.74) is -0.430. The lowest BCUT2D eigenvalue weighted by molar-refractivity contribution is 0.0345. The van der Waals surface area contributed by atoms with Gasteiger partial charge in [0.05, 0.1) is 12.2 Å². The lowest BCUT2D eigenvalue weighted by Crippen LogP contribution is -2.42. The fraction of sp³-hybridized carbons (Fsp3) is 0.933. The zero-order valence-electron chi connectivity index (χ0n) is 12.0. The summed E-state index contributed by atoms with van der Waals surface area (Å²) in [5.74, 6) is 0. The average molecular weight is 252 g/mol. The molecule has 1 unspecified atom stereocenters. The Balaban J connectivity index is 2.23. The maximum absolute atomic E-state index is 9.23. The van der Waals surface area contributed by atoms with E-state index in [0.29, 0.717) is 12.7 Å². The monoisotopic (exact) mass is 252 g/mol. The molecule has 1 aliphatic carbocycles. The Morgan fingerprint density at radius 3 is 2.50 bits per heavy atom. The molecule has 0 aromatic heterocycles. The van der Waals surface area contributed by atoms with E-state index in [9.17, 15) is 5.26 Å². The minimum Gasteiger partial charge on any atom is -0.378 e. The maximum atomic E-state index is 9.23. The molecule has 1 rings (SSSR count). The molecule has 0 amide bonds. The van der Waals surface area contributed by atoms with Gasteiger partial charge in [0.1, 0.15) is 5.54 Å². The number of hydrogen-bond acceptors (Lipinski definition) is 3. The van der Waals surface area contributed by atoms with E-state index in [1.807, 2.05) is 6.92 Å². The second kappa shape index (κ2) is 8.50. The summed E-state index contributed by atoms with van der Waals surface area (Å²) in [5, 5.41) is 12.5. The molecule has 1 N–H and O–H groups in total. The van der Waals surface area contributed by atoms with Gasteiger partial charge in [0.25, 0.3) is 0 Å². The molecule has 3 heteroatoms. The van der Waals surface area contributed by atoms with Gasteiger partial charge in [-0.2, -0.15) is 5.26 Å². The van der Waals surface area contributed by atoms with Gasteiger partial charge in [0, 0.05) is 13.0 Å². The van der Waals surface area contributed by atoms with Gasteiger partial charge in [0.15, 0.2) is 0 Å². The number of hydrogen-bond donors (Lipinski definition) is 1. The van der Waals surface area contributed by atoms with Gasteiger partial charge in [-0.1, -0.05) is 32.6 Å². The molecule has 3 nitrogen and oxygen atoms in total. The third kappa shape index (κ3) is 5.84. The topological polar surface area (TPSA) is 45.0 Å². The van der Waals surface area contributed by atoms with Crippen LogP contribution in [0, 0.1) is 11.3 Å². The van der Waals surface area contributed by atoms with E-state index in [4.69, 9.17) is 4.74 Å². The Hall–Kier alpha value is -0.590. The van der Waals surface area contributed by atoms with Crippen LogP contribution in [0.3, 0.4) is 0 Å². The summed E-state index contributed by atoms with van der Waals surface area (Å²) < 4.78 is 5.95. The Kier molecular flexibility index (Phi) is 7.31. The highest BCUT2D eigenvalue weighted by molar-refractivity contribution is 5.03. The molecule has 18 heavy (non-hydrogen) atoms. The molecule has 1 fully saturated rings. The molecular formula is C15H28N2O. The molecule has 0 heterocycles. The first-order valence-electron chi connectivity index (χ1n) is 7.48.